The van der Waals surface area contributed by atoms with E-state index in [9.17, 15) is 19.8 Å². The first-order chi connectivity index (χ1) is 27.5. The van der Waals surface area contributed by atoms with Gasteiger partial charge in [0, 0.05) is 6.42 Å². The normalized spacial score (nSPS) is 13.6. The van der Waals surface area contributed by atoms with E-state index in [-0.39, 0.29) is 24.9 Å². The second-order valence-electron chi connectivity index (χ2n) is 16.6. The quantitative estimate of drug-likeness (QED) is 0.0325. The van der Waals surface area contributed by atoms with Crippen molar-refractivity contribution in [3.8, 4) is 0 Å². The Kier molecular flexibility index (Phi) is 42.7. The molecule has 0 saturated carbocycles. The molecular weight excluding hydrogens is 695 g/mol. The van der Waals surface area contributed by atoms with Crippen molar-refractivity contribution in [2.75, 3.05) is 6.61 Å². The molecule has 0 radical (unpaired) electrons. The number of carbonyl (C=O) groups excluding carboxylic acids is 2. The number of unbranched alkanes of at least 4 members (excludes halogenated alkanes) is 27. The molecule has 0 aromatic rings. The van der Waals surface area contributed by atoms with Crippen LogP contribution in [0.4, 0.5) is 0 Å². The Morgan fingerprint density at radius 2 is 0.964 bits per heavy atom. The van der Waals surface area contributed by atoms with Gasteiger partial charge in [0.25, 0.3) is 0 Å². The van der Waals surface area contributed by atoms with Crippen LogP contribution < -0.4 is 5.32 Å². The van der Waals surface area contributed by atoms with Crippen molar-refractivity contribution in [1.29, 1.82) is 0 Å². The molecule has 0 bridgehead atoms. The number of aliphatic hydroxyl groups excluding tert-OH is 2. The number of ether oxygens (including phenoxy) is 1. The molecule has 3 N–H and O–H groups in total. The summed E-state index contributed by atoms with van der Waals surface area (Å²) in [4.78, 5) is 26.0. The topological polar surface area (TPSA) is 95.9 Å². The van der Waals surface area contributed by atoms with Gasteiger partial charge in [0.15, 0.2) is 0 Å². The molecule has 6 heteroatoms. The lowest BCUT2D eigenvalue weighted by atomic mass is 10.0. The number of hydrogen-bond donors (Lipinski definition) is 3. The number of aliphatic hydroxyl groups is 2. The second-order valence-corrected chi connectivity index (χ2v) is 16.6. The van der Waals surface area contributed by atoms with Gasteiger partial charge >= 0.3 is 5.97 Å². The third-order valence-corrected chi connectivity index (χ3v) is 11.0. The van der Waals surface area contributed by atoms with Gasteiger partial charge in [-0.2, -0.15) is 0 Å². The SMILES string of the molecule is CC/C=C/C=C/C=C\CCCCCC(CC(=O)NC(CO)C(O)CCCCCCCCCCCCCCCCC)OC(=O)CCCCCCCCCCCCC. The number of rotatable bonds is 43. The Morgan fingerprint density at radius 3 is 1.45 bits per heavy atom. The fourth-order valence-corrected chi connectivity index (χ4v) is 7.37. The van der Waals surface area contributed by atoms with Gasteiger partial charge in [-0.1, -0.05) is 224 Å². The first-order valence-electron chi connectivity index (χ1n) is 24.2. The Hall–Kier alpha value is -1.92. The highest BCUT2D eigenvalue weighted by atomic mass is 16.5. The van der Waals surface area contributed by atoms with E-state index in [0.29, 0.717) is 19.3 Å². The first-order valence-corrected chi connectivity index (χ1v) is 24.2. The van der Waals surface area contributed by atoms with Gasteiger partial charge in [-0.15, -0.1) is 0 Å². The fraction of sp³-hybridized carbons (Fsp3) is 0.840. The van der Waals surface area contributed by atoms with Crippen molar-refractivity contribution in [3.63, 3.8) is 0 Å². The van der Waals surface area contributed by atoms with E-state index in [1.807, 2.05) is 12.2 Å². The lowest BCUT2D eigenvalue weighted by molar-refractivity contribution is -0.151. The Balaban J connectivity index is 4.53. The number of amides is 1. The predicted octanol–water partition coefficient (Wildman–Crippen LogP) is 14.1. The molecule has 0 rings (SSSR count). The van der Waals surface area contributed by atoms with E-state index < -0.39 is 18.2 Å². The van der Waals surface area contributed by atoms with E-state index in [1.54, 1.807) is 0 Å². The lowest BCUT2D eigenvalue weighted by Gasteiger charge is -2.24. The summed E-state index contributed by atoms with van der Waals surface area (Å²) in [6.45, 7) is 6.33. The van der Waals surface area contributed by atoms with Crippen LogP contribution in [0.3, 0.4) is 0 Å². The second kappa shape index (κ2) is 44.2. The number of esters is 1. The molecule has 328 valence electrons. The standard InChI is InChI=1S/C50H93NO5/c1-4-7-10-13-16-19-22-23-24-25-28-30-33-36-39-42-48(53)47(45-52)51-49(54)44-46(41-38-35-32-29-26-20-17-14-11-8-5-2)56-50(55)43-40-37-34-31-27-21-18-15-12-9-6-3/h8,11,14,17,20,26,46-48,52-53H,4-7,9-10,12-13,15-16,18-19,21-25,27-45H2,1-3H3,(H,51,54)/b11-8+,17-14+,26-20-. The van der Waals surface area contributed by atoms with E-state index in [0.717, 1.165) is 70.6 Å². The van der Waals surface area contributed by atoms with E-state index in [2.05, 4.69) is 50.4 Å². The van der Waals surface area contributed by atoms with E-state index in [1.165, 1.54) is 128 Å². The van der Waals surface area contributed by atoms with Gasteiger partial charge in [-0.3, -0.25) is 9.59 Å². The lowest BCUT2D eigenvalue weighted by Crippen LogP contribution is -2.46. The van der Waals surface area contributed by atoms with Gasteiger partial charge in [-0.25, -0.2) is 0 Å². The Morgan fingerprint density at radius 1 is 0.536 bits per heavy atom. The van der Waals surface area contributed by atoms with Crippen molar-refractivity contribution in [2.24, 2.45) is 0 Å². The van der Waals surface area contributed by atoms with Crippen molar-refractivity contribution in [1.82, 2.24) is 5.32 Å². The highest BCUT2D eigenvalue weighted by molar-refractivity contribution is 5.77. The molecule has 1 amide bonds. The molecule has 0 heterocycles. The Labute approximate surface area is 347 Å². The van der Waals surface area contributed by atoms with E-state index >= 15 is 0 Å². The summed E-state index contributed by atoms with van der Waals surface area (Å²) in [6.07, 6.45) is 50.6. The van der Waals surface area contributed by atoms with Crippen LogP contribution in [0.5, 0.6) is 0 Å². The molecule has 0 aromatic carbocycles. The van der Waals surface area contributed by atoms with Gasteiger partial charge in [0.05, 0.1) is 25.2 Å². The van der Waals surface area contributed by atoms with Crippen LogP contribution in [0.15, 0.2) is 36.5 Å². The van der Waals surface area contributed by atoms with Crippen molar-refractivity contribution in [2.45, 2.75) is 264 Å². The molecule has 3 unspecified atom stereocenters. The maximum absolute atomic E-state index is 13.1. The zero-order valence-electron chi connectivity index (χ0n) is 37.3. The fourth-order valence-electron chi connectivity index (χ4n) is 7.37. The maximum Gasteiger partial charge on any atom is 0.306 e. The predicted molar refractivity (Wildman–Crippen MR) is 241 cm³/mol. The number of nitrogens with one attached hydrogen (secondary N) is 1. The summed E-state index contributed by atoms with van der Waals surface area (Å²) >= 11 is 0. The zero-order valence-corrected chi connectivity index (χ0v) is 37.3. The largest absolute Gasteiger partial charge is 0.462 e. The molecule has 0 spiro atoms. The van der Waals surface area contributed by atoms with Crippen LogP contribution in [0.2, 0.25) is 0 Å². The monoisotopic (exact) mass is 788 g/mol. The average molecular weight is 788 g/mol. The third kappa shape index (κ3) is 38.9. The van der Waals surface area contributed by atoms with E-state index in [4.69, 9.17) is 4.74 Å². The smallest absolute Gasteiger partial charge is 0.306 e. The maximum atomic E-state index is 13.1. The molecule has 0 aromatic heterocycles. The molecule has 0 fully saturated rings. The number of hydrogen-bond acceptors (Lipinski definition) is 5. The average Bonchev–Trinajstić information content (AvgIpc) is 3.19. The minimum Gasteiger partial charge on any atom is -0.462 e. The van der Waals surface area contributed by atoms with Gasteiger partial charge in [0.2, 0.25) is 5.91 Å². The minimum absolute atomic E-state index is 0.0577. The van der Waals surface area contributed by atoms with Crippen molar-refractivity contribution < 1.29 is 24.5 Å². The van der Waals surface area contributed by atoms with Crippen LogP contribution in [-0.2, 0) is 14.3 Å². The number of allylic oxidation sites excluding steroid dienone is 6. The molecule has 0 saturated heterocycles. The highest BCUT2D eigenvalue weighted by Crippen LogP contribution is 2.18. The summed E-state index contributed by atoms with van der Waals surface area (Å²) in [5.41, 5.74) is 0. The molecule has 3 atom stereocenters. The van der Waals surface area contributed by atoms with Crippen LogP contribution in [0, 0.1) is 0 Å². The van der Waals surface area contributed by atoms with Crippen LogP contribution in [0.25, 0.3) is 0 Å². The van der Waals surface area contributed by atoms with Crippen LogP contribution in [0.1, 0.15) is 245 Å². The molecule has 0 aliphatic carbocycles. The van der Waals surface area contributed by atoms with Gasteiger partial charge in [0.1, 0.15) is 6.10 Å². The zero-order chi connectivity index (χ0) is 41.0. The summed E-state index contributed by atoms with van der Waals surface area (Å²) in [6, 6.07) is -0.708. The van der Waals surface area contributed by atoms with Crippen LogP contribution in [-0.4, -0.2) is 46.9 Å². The molecule has 0 aliphatic heterocycles. The third-order valence-electron chi connectivity index (χ3n) is 11.0. The summed E-state index contributed by atoms with van der Waals surface area (Å²) in [7, 11) is 0. The summed E-state index contributed by atoms with van der Waals surface area (Å²) in [5.74, 6) is -0.503. The molecule has 6 nitrogen and oxygen atoms in total. The molecular formula is C50H93NO5. The molecule has 56 heavy (non-hydrogen) atoms. The Bertz CT molecular complexity index is 930. The highest BCUT2D eigenvalue weighted by Gasteiger charge is 2.24. The van der Waals surface area contributed by atoms with Crippen LogP contribution >= 0.6 is 0 Å². The molecule has 0 aliphatic rings. The first kappa shape index (κ1) is 54.1. The van der Waals surface area contributed by atoms with Gasteiger partial charge in [-0.05, 0) is 44.9 Å². The van der Waals surface area contributed by atoms with Gasteiger partial charge < -0.3 is 20.3 Å². The van der Waals surface area contributed by atoms with Crippen molar-refractivity contribution in [3.05, 3.63) is 36.5 Å². The summed E-state index contributed by atoms with van der Waals surface area (Å²) in [5, 5.41) is 23.7. The minimum atomic E-state index is -0.793. The summed E-state index contributed by atoms with van der Waals surface area (Å²) < 4.78 is 5.89. The van der Waals surface area contributed by atoms with Crippen molar-refractivity contribution >= 4 is 11.9 Å². The number of carbonyl (C=O) groups is 2.